The smallest absolute Gasteiger partial charge is 0.387 e. The maximum atomic E-state index is 12.5. The van der Waals surface area contributed by atoms with Crippen molar-refractivity contribution in [2.24, 2.45) is 0 Å². The number of hydrogen-bond donors (Lipinski definition) is 0. The average molecular weight is 393 g/mol. The van der Waals surface area contributed by atoms with Gasteiger partial charge in [0, 0.05) is 13.6 Å². The number of carbonyl (C=O) groups excluding carboxylic acids is 1. The van der Waals surface area contributed by atoms with Gasteiger partial charge in [0.15, 0.2) is 18.1 Å². The van der Waals surface area contributed by atoms with Crippen LogP contribution in [-0.2, 0) is 11.3 Å². The second-order valence-electron chi connectivity index (χ2n) is 6.63. The Bertz CT molecular complexity index is 778. The SMILES string of the molecule is COc1ccc(CN(C)C(=O)COc2ccc(C(C)C)cc2)cc1OC(F)F. The summed E-state index contributed by atoms with van der Waals surface area (Å²) in [5.74, 6) is 0.928. The van der Waals surface area contributed by atoms with E-state index >= 15 is 0 Å². The minimum atomic E-state index is -2.96. The number of rotatable bonds is 9. The lowest BCUT2D eigenvalue weighted by Crippen LogP contribution is -2.31. The highest BCUT2D eigenvalue weighted by atomic mass is 19.3. The number of benzene rings is 2. The Morgan fingerprint density at radius 1 is 1.07 bits per heavy atom. The molecule has 0 atom stereocenters. The zero-order valence-corrected chi connectivity index (χ0v) is 16.4. The van der Waals surface area contributed by atoms with Gasteiger partial charge in [-0.2, -0.15) is 8.78 Å². The van der Waals surface area contributed by atoms with Gasteiger partial charge < -0.3 is 19.1 Å². The van der Waals surface area contributed by atoms with Gasteiger partial charge in [-0.05, 0) is 41.3 Å². The fourth-order valence-corrected chi connectivity index (χ4v) is 2.57. The summed E-state index contributed by atoms with van der Waals surface area (Å²) in [6.07, 6.45) is 0. The molecular formula is C21H25F2NO4. The van der Waals surface area contributed by atoms with E-state index in [-0.39, 0.29) is 30.6 Å². The molecule has 2 rings (SSSR count). The highest BCUT2D eigenvalue weighted by Gasteiger charge is 2.14. The molecule has 28 heavy (non-hydrogen) atoms. The van der Waals surface area contributed by atoms with Crippen molar-refractivity contribution in [1.29, 1.82) is 0 Å². The molecule has 0 unspecified atom stereocenters. The fourth-order valence-electron chi connectivity index (χ4n) is 2.57. The third-order valence-electron chi connectivity index (χ3n) is 4.20. The number of alkyl halides is 2. The largest absolute Gasteiger partial charge is 0.493 e. The quantitative estimate of drug-likeness (QED) is 0.631. The summed E-state index contributed by atoms with van der Waals surface area (Å²) >= 11 is 0. The Balaban J connectivity index is 1.94. The van der Waals surface area contributed by atoms with Crippen LogP contribution in [0.1, 0.15) is 30.9 Å². The Morgan fingerprint density at radius 2 is 1.75 bits per heavy atom. The predicted octanol–water partition coefficient (Wildman–Crippen LogP) is 4.46. The first-order valence-electron chi connectivity index (χ1n) is 8.88. The van der Waals surface area contributed by atoms with E-state index in [1.807, 2.05) is 24.3 Å². The summed E-state index contributed by atoms with van der Waals surface area (Å²) in [5, 5.41) is 0. The van der Waals surface area contributed by atoms with Crippen molar-refractivity contribution in [3.63, 3.8) is 0 Å². The Kier molecular flexibility index (Phi) is 7.61. The minimum absolute atomic E-state index is 0.0719. The molecule has 0 radical (unpaired) electrons. The summed E-state index contributed by atoms with van der Waals surface area (Å²) in [4.78, 5) is 13.8. The van der Waals surface area contributed by atoms with Crippen molar-refractivity contribution >= 4 is 5.91 Å². The molecule has 0 aromatic heterocycles. The van der Waals surface area contributed by atoms with Crippen LogP contribution in [0.5, 0.6) is 17.2 Å². The summed E-state index contributed by atoms with van der Waals surface area (Å²) in [5.41, 5.74) is 1.82. The molecule has 0 saturated heterocycles. The highest BCUT2D eigenvalue weighted by molar-refractivity contribution is 5.77. The molecule has 7 heteroatoms. The van der Waals surface area contributed by atoms with Gasteiger partial charge in [-0.1, -0.05) is 32.0 Å². The number of nitrogens with zero attached hydrogens (tertiary/aromatic N) is 1. The van der Waals surface area contributed by atoms with Gasteiger partial charge in [0.2, 0.25) is 0 Å². The fraction of sp³-hybridized carbons (Fsp3) is 0.381. The highest BCUT2D eigenvalue weighted by Crippen LogP contribution is 2.30. The summed E-state index contributed by atoms with van der Waals surface area (Å²) < 4.78 is 40.1. The van der Waals surface area contributed by atoms with Crippen LogP contribution in [0.3, 0.4) is 0 Å². The van der Waals surface area contributed by atoms with Crippen LogP contribution in [0.4, 0.5) is 8.78 Å². The molecule has 0 bridgehead atoms. The van der Waals surface area contributed by atoms with E-state index in [1.54, 1.807) is 13.1 Å². The topological polar surface area (TPSA) is 48.0 Å². The van der Waals surface area contributed by atoms with Gasteiger partial charge in [-0.25, -0.2) is 0 Å². The molecule has 5 nitrogen and oxygen atoms in total. The standard InChI is InChI=1S/C21H25F2NO4/c1-14(2)16-6-8-17(9-7-16)27-13-20(25)24(3)12-15-5-10-18(26-4)19(11-15)28-21(22)23/h5-11,14,21H,12-13H2,1-4H3. The van der Waals surface area contributed by atoms with Gasteiger partial charge in [0.25, 0.3) is 5.91 Å². The second kappa shape index (κ2) is 9.92. The van der Waals surface area contributed by atoms with E-state index in [0.29, 0.717) is 17.2 Å². The number of carbonyl (C=O) groups is 1. The number of hydrogen-bond acceptors (Lipinski definition) is 4. The van der Waals surface area contributed by atoms with Crippen molar-refractivity contribution in [2.75, 3.05) is 20.8 Å². The summed E-state index contributed by atoms with van der Waals surface area (Å²) in [6.45, 7) is 1.35. The lowest BCUT2D eigenvalue weighted by molar-refractivity contribution is -0.132. The minimum Gasteiger partial charge on any atom is -0.493 e. The zero-order chi connectivity index (χ0) is 20.7. The number of halogens is 2. The van der Waals surface area contributed by atoms with Gasteiger partial charge in [-0.3, -0.25) is 4.79 Å². The summed E-state index contributed by atoms with van der Waals surface area (Å²) in [6, 6.07) is 12.2. The number of likely N-dealkylation sites (N-methyl/N-ethyl adjacent to an activating group) is 1. The second-order valence-corrected chi connectivity index (χ2v) is 6.63. The molecule has 0 saturated carbocycles. The van der Waals surface area contributed by atoms with Gasteiger partial charge in [0.05, 0.1) is 7.11 Å². The lowest BCUT2D eigenvalue weighted by Gasteiger charge is -2.19. The molecule has 0 aliphatic carbocycles. The molecule has 0 aliphatic heterocycles. The predicted molar refractivity (Wildman–Crippen MR) is 102 cm³/mol. The van der Waals surface area contributed by atoms with Crippen molar-refractivity contribution < 1.29 is 27.8 Å². The Hall–Kier alpha value is -2.83. The molecule has 152 valence electrons. The molecule has 2 aromatic rings. The van der Waals surface area contributed by atoms with Crippen molar-refractivity contribution in [3.05, 3.63) is 53.6 Å². The van der Waals surface area contributed by atoms with Crippen molar-refractivity contribution in [2.45, 2.75) is 32.9 Å². The monoisotopic (exact) mass is 393 g/mol. The van der Waals surface area contributed by atoms with E-state index in [2.05, 4.69) is 18.6 Å². The van der Waals surface area contributed by atoms with E-state index in [9.17, 15) is 13.6 Å². The zero-order valence-electron chi connectivity index (χ0n) is 16.4. The molecule has 0 N–H and O–H groups in total. The number of methoxy groups -OCH3 is 1. The molecular weight excluding hydrogens is 368 g/mol. The van der Waals surface area contributed by atoms with Crippen molar-refractivity contribution in [1.82, 2.24) is 4.90 Å². The van der Waals surface area contributed by atoms with Crippen LogP contribution >= 0.6 is 0 Å². The lowest BCUT2D eigenvalue weighted by atomic mass is 10.0. The van der Waals surface area contributed by atoms with Crippen LogP contribution in [-0.4, -0.2) is 38.2 Å². The van der Waals surface area contributed by atoms with Crippen molar-refractivity contribution in [3.8, 4) is 17.2 Å². The maximum Gasteiger partial charge on any atom is 0.387 e. The molecule has 0 fully saturated rings. The van der Waals surface area contributed by atoms with E-state index in [0.717, 1.165) is 0 Å². The molecule has 0 heterocycles. The number of amides is 1. The van der Waals surface area contributed by atoms with Crippen LogP contribution in [0.15, 0.2) is 42.5 Å². The number of ether oxygens (including phenoxy) is 3. The van der Waals surface area contributed by atoms with Gasteiger partial charge in [0.1, 0.15) is 5.75 Å². The third-order valence-corrected chi connectivity index (χ3v) is 4.20. The third kappa shape index (κ3) is 6.11. The molecule has 0 spiro atoms. The van der Waals surface area contributed by atoms with E-state index in [1.165, 1.54) is 29.7 Å². The first-order valence-corrected chi connectivity index (χ1v) is 8.88. The van der Waals surface area contributed by atoms with Gasteiger partial charge >= 0.3 is 6.61 Å². The normalized spacial score (nSPS) is 10.9. The first kappa shape index (κ1) is 21.5. The van der Waals surface area contributed by atoms with Crippen LogP contribution in [0.2, 0.25) is 0 Å². The van der Waals surface area contributed by atoms with Crippen LogP contribution in [0, 0.1) is 0 Å². The van der Waals surface area contributed by atoms with Gasteiger partial charge in [-0.15, -0.1) is 0 Å². The Labute approximate surface area is 163 Å². The van der Waals surface area contributed by atoms with Crippen LogP contribution < -0.4 is 14.2 Å². The maximum absolute atomic E-state index is 12.5. The molecule has 1 amide bonds. The average Bonchev–Trinajstić information content (AvgIpc) is 2.66. The first-order chi connectivity index (χ1) is 13.3. The van der Waals surface area contributed by atoms with Crippen LogP contribution in [0.25, 0.3) is 0 Å². The molecule has 0 aliphatic rings. The Morgan fingerprint density at radius 3 is 2.32 bits per heavy atom. The van der Waals surface area contributed by atoms with E-state index in [4.69, 9.17) is 9.47 Å². The molecule has 2 aromatic carbocycles. The van der Waals surface area contributed by atoms with E-state index < -0.39 is 6.61 Å². The summed E-state index contributed by atoms with van der Waals surface area (Å²) in [7, 11) is 2.99.